The molecule has 2 amide bonds. The number of amides is 2. The van der Waals surface area contributed by atoms with Crippen LogP contribution >= 0.6 is 0 Å². The van der Waals surface area contributed by atoms with Crippen LogP contribution in [0, 0.1) is 17.0 Å². The third-order valence-corrected chi connectivity index (χ3v) is 5.17. The Hall–Kier alpha value is -2.83. The Kier molecular flexibility index (Phi) is 3.94. The van der Waals surface area contributed by atoms with Crippen LogP contribution in [0.25, 0.3) is 0 Å². The lowest BCUT2D eigenvalue weighted by Crippen LogP contribution is -2.34. The second-order valence-electron chi connectivity index (χ2n) is 6.97. The number of nitrogens with zero attached hydrogens (tertiary/aromatic N) is 3. The molecule has 134 valence electrons. The zero-order valence-corrected chi connectivity index (χ0v) is 14.0. The normalized spacial score (nSPS) is 22.5. The van der Waals surface area contributed by atoms with Crippen molar-refractivity contribution in [2.24, 2.45) is 5.41 Å². The first kappa shape index (κ1) is 16.6. The smallest absolute Gasteiger partial charge is 0.255 e. The average molecular weight is 357 g/mol. The third-order valence-electron chi connectivity index (χ3n) is 5.17. The van der Waals surface area contributed by atoms with Crippen molar-refractivity contribution >= 4 is 17.5 Å². The standard InChI is InChI=1S/C19H17F2N3O2/c20-15-4-3-14(8-16(15)21)24-12-19(9-17(24)25)5-7-23(11-19)18(26)13-2-1-6-22-10-13/h1-4,6,8,10H,5,7,9,11-12H2. The highest BCUT2D eigenvalue weighted by atomic mass is 19.2. The van der Waals surface area contributed by atoms with E-state index >= 15 is 0 Å². The SMILES string of the molecule is O=C(c1cccnc1)N1CCC2(CC(=O)N(c3ccc(F)c(F)c3)C2)C1. The largest absolute Gasteiger partial charge is 0.338 e. The fourth-order valence-electron chi connectivity index (χ4n) is 3.84. The minimum Gasteiger partial charge on any atom is -0.338 e. The van der Waals surface area contributed by atoms with Gasteiger partial charge in [-0.1, -0.05) is 0 Å². The van der Waals surface area contributed by atoms with Gasteiger partial charge in [0.05, 0.1) is 5.56 Å². The predicted octanol–water partition coefficient (Wildman–Crippen LogP) is 2.63. The molecule has 0 radical (unpaired) electrons. The Morgan fingerprint density at radius 2 is 2.00 bits per heavy atom. The van der Waals surface area contributed by atoms with E-state index in [9.17, 15) is 18.4 Å². The first-order valence-electron chi connectivity index (χ1n) is 8.42. The first-order valence-corrected chi connectivity index (χ1v) is 8.42. The number of hydrogen-bond donors (Lipinski definition) is 0. The Labute approximate surface area is 149 Å². The summed E-state index contributed by atoms with van der Waals surface area (Å²) in [6, 6.07) is 6.90. The molecule has 1 spiro atoms. The molecule has 2 fully saturated rings. The summed E-state index contributed by atoms with van der Waals surface area (Å²) in [5.41, 5.74) is 0.522. The second-order valence-corrected chi connectivity index (χ2v) is 6.97. The van der Waals surface area contributed by atoms with Crippen LogP contribution in [0.1, 0.15) is 23.2 Å². The molecule has 0 saturated carbocycles. The number of likely N-dealkylation sites (tertiary alicyclic amines) is 1. The number of halogens is 2. The van der Waals surface area contributed by atoms with E-state index in [1.165, 1.54) is 17.2 Å². The van der Waals surface area contributed by atoms with E-state index in [-0.39, 0.29) is 17.2 Å². The highest BCUT2D eigenvalue weighted by molar-refractivity contribution is 5.97. The number of benzene rings is 1. The molecule has 0 N–H and O–H groups in total. The van der Waals surface area contributed by atoms with Crippen LogP contribution in [-0.4, -0.2) is 41.3 Å². The van der Waals surface area contributed by atoms with E-state index in [0.717, 1.165) is 12.1 Å². The van der Waals surface area contributed by atoms with Crippen molar-refractivity contribution in [3.63, 3.8) is 0 Å². The molecule has 2 aliphatic rings. The molecule has 1 unspecified atom stereocenters. The van der Waals surface area contributed by atoms with Gasteiger partial charge >= 0.3 is 0 Å². The van der Waals surface area contributed by atoms with Crippen molar-refractivity contribution < 1.29 is 18.4 Å². The number of rotatable bonds is 2. The van der Waals surface area contributed by atoms with E-state index in [0.29, 0.717) is 43.7 Å². The second kappa shape index (κ2) is 6.16. The van der Waals surface area contributed by atoms with Crippen LogP contribution in [0.5, 0.6) is 0 Å². The molecule has 0 bridgehead atoms. The molecule has 2 saturated heterocycles. The maximum absolute atomic E-state index is 13.5. The summed E-state index contributed by atoms with van der Waals surface area (Å²) in [4.78, 5) is 32.3. The van der Waals surface area contributed by atoms with E-state index in [1.54, 1.807) is 23.2 Å². The molecule has 4 rings (SSSR count). The Morgan fingerprint density at radius 3 is 2.73 bits per heavy atom. The summed E-state index contributed by atoms with van der Waals surface area (Å²) in [5, 5.41) is 0. The van der Waals surface area contributed by atoms with Gasteiger partial charge in [-0.15, -0.1) is 0 Å². The van der Waals surface area contributed by atoms with Gasteiger partial charge in [-0.25, -0.2) is 8.78 Å². The van der Waals surface area contributed by atoms with E-state index in [1.807, 2.05) is 0 Å². The van der Waals surface area contributed by atoms with Gasteiger partial charge < -0.3 is 9.80 Å². The molecule has 2 aromatic rings. The molecule has 2 aliphatic heterocycles. The maximum Gasteiger partial charge on any atom is 0.255 e. The van der Waals surface area contributed by atoms with Gasteiger partial charge in [0.25, 0.3) is 5.91 Å². The van der Waals surface area contributed by atoms with Crippen LogP contribution in [0.2, 0.25) is 0 Å². The molecule has 1 atom stereocenters. The van der Waals surface area contributed by atoms with Crippen molar-refractivity contribution in [3.8, 4) is 0 Å². The van der Waals surface area contributed by atoms with Crippen LogP contribution < -0.4 is 4.90 Å². The molecule has 5 nitrogen and oxygen atoms in total. The number of hydrogen-bond acceptors (Lipinski definition) is 3. The summed E-state index contributed by atoms with van der Waals surface area (Å²) >= 11 is 0. The van der Waals surface area contributed by atoms with Gasteiger partial charge in [-0.05, 0) is 30.7 Å². The highest BCUT2D eigenvalue weighted by Gasteiger charge is 2.49. The lowest BCUT2D eigenvalue weighted by molar-refractivity contribution is -0.117. The van der Waals surface area contributed by atoms with E-state index in [4.69, 9.17) is 0 Å². The van der Waals surface area contributed by atoms with Gasteiger partial charge in [-0.3, -0.25) is 14.6 Å². The molecule has 1 aromatic carbocycles. The zero-order chi connectivity index (χ0) is 18.3. The Bertz CT molecular complexity index is 874. The third kappa shape index (κ3) is 2.83. The van der Waals surface area contributed by atoms with Crippen LogP contribution in [0.4, 0.5) is 14.5 Å². The number of pyridine rings is 1. The maximum atomic E-state index is 13.5. The number of aromatic nitrogens is 1. The minimum atomic E-state index is -0.976. The number of carbonyl (C=O) groups is 2. The van der Waals surface area contributed by atoms with Gasteiger partial charge in [0.2, 0.25) is 5.91 Å². The number of anilines is 1. The van der Waals surface area contributed by atoms with Crippen molar-refractivity contribution in [1.29, 1.82) is 0 Å². The number of carbonyl (C=O) groups excluding carboxylic acids is 2. The molecule has 0 aliphatic carbocycles. The zero-order valence-electron chi connectivity index (χ0n) is 14.0. The predicted molar refractivity (Wildman–Crippen MR) is 90.5 cm³/mol. The Balaban J connectivity index is 1.51. The molecule has 7 heteroatoms. The lowest BCUT2D eigenvalue weighted by Gasteiger charge is -2.24. The van der Waals surface area contributed by atoms with Crippen molar-refractivity contribution in [1.82, 2.24) is 9.88 Å². The topological polar surface area (TPSA) is 53.5 Å². The summed E-state index contributed by atoms with van der Waals surface area (Å²) in [6.07, 6.45) is 4.13. The lowest BCUT2D eigenvalue weighted by atomic mass is 9.86. The fourth-order valence-corrected chi connectivity index (χ4v) is 3.84. The van der Waals surface area contributed by atoms with Gasteiger partial charge in [0.1, 0.15) is 0 Å². The Morgan fingerprint density at radius 1 is 1.15 bits per heavy atom. The fraction of sp³-hybridized carbons (Fsp3) is 0.316. The summed E-state index contributed by atoms with van der Waals surface area (Å²) in [5.74, 6) is -2.15. The van der Waals surface area contributed by atoms with E-state index < -0.39 is 11.6 Å². The van der Waals surface area contributed by atoms with Crippen molar-refractivity contribution in [3.05, 3.63) is 59.9 Å². The van der Waals surface area contributed by atoms with Gasteiger partial charge in [0, 0.05) is 55.6 Å². The van der Waals surface area contributed by atoms with Crippen LogP contribution in [0.15, 0.2) is 42.7 Å². The molecule has 26 heavy (non-hydrogen) atoms. The molecule has 1 aromatic heterocycles. The quantitative estimate of drug-likeness (QED) is 0.830. The van der Waals surface area contributed by atoms with Crippen LogP contribution in [-0.2, 0) is 4.79 Å². The minimum absolute atomic E-state index is 0.103. The molecule has 3 heterocycles. The molecular formula is C19H17F2N3O2. The van der Waals surface area contributed by atoms with Crippen molar-refractivity contribution in [2.45, 2.75) is 12.8 Å². The summed E-state index contributed by atoms with van der Waals surface area (Å²) in [6.45, 7) is 1.42. The highest BCUT2D eigenvalue weighted by Crippen LogP contribution is 2.42. The summed E-state index contributed by atoms with van der Waals surface area (Å²) < 4.78 is 26.7. The molecular weight excluding hydrogens is 340 g/mol. The van der Waals surface area contributed by atoms with Gasteiger partial charge in [0.15, 0.2) is 11.6 Å². The van der Waals surface area contributed by atoms with Crippen molar-refractivity contribution in [2.75, 3.05) is 24.5 Å². The first-order chi connectivity index (χ1) is 12.5. The van der Waals surface area contributed by atoms with E-state index in [2.05, 4.69) is 4.98 Å². The van der Waals surface area contributed by atoms with Gasteiger partial charge in [-0.2, -0.15) is 0 Å². The summed E-state index contributed by atoms with van der Waals surface area (Å²) in [7, 11) is 0. The van der Waals surface area contributed by atoms with Crippen LogP contribution in [0.3, 0.4) is 0 Å². The average Bonchev–Trinajstić information content (AvgIpc) is 3.20. The monoisotopic (exact) mass is 357 g/mol.